The fourth-order valence-corrected chi connectivity index (χ4v) is 3.61. The number of carbonyl (C=O) groups excluding carboxylic acids is 1. The maximum Gasteiger partial charge on any atom is 0.419 e. The van der Waals surface area contributed by atoms with Crippen LogP contribution in [0.3, 0.4) is 0 Å². The van der Waals surface area contributed by atoms with E-state index >= 15 is 0 Å². The minimum Gasteiger partial charge on any atom is -0.487 e. The lowest BCUT2D eigenvalue weighted by molar-refractivity contribution is -0.136. The van der Waals surface area contributed by atoms with Crippen molar-refractivity contribution in [3.05, 3.63) is 83.9 Å². The highest BCUT2D eigenvalue weighted by Gasteiger charge is 2.22. The molecule has 4 aromatic rings. The van der Waals surface area contributed by atoms with Crippen LogP contribution in [0.15, 0.2) is 66.9 Å². The lowest BCUT2D eigenvalue weighted by Crippen LogP contribution is -2.28. The van der Waals surface area contributed by atoms with Crippen molar-refractivity contribution >= 4 is 23.0 Å². The Kier molecular flexibility index (Phi) is 6.55. The van der Waals surface area contributed by atoms with Gasteiger partial charge in [-0.3, -0.25) is 9.78 Å². The monoisotopic (exact) mass is 476 g/mol. The summed E-state index contributed by atoms with van der Waals surface area (Å²) in [5, 5.41) is 9.58. The lowest BCUT2D eigenvalue weighted by Gasteiger charge is -2.21. The number of nitrogens with zero attached hydrogens (tertiary/aromatic N) is 2. The molecule has 8 heteroatoms. The van der Waals surface area contributed by atoms with Crippen molar-refractivity contribution < 1.29 is 28.6 Å². The van der Waals surface area contributed by atoms with Crippen LogP contribution in [0.4, 0.5) is 9.18 Å². The first kappa shape index (κ1) is 23.9. The molecule has 0 atom stereocenters. The van der Waals surface area contributed by atoms with Crippen LogP contribution in [0.25, 0.3) is 22.2 Å². The molecule has 0 saturated heterocycles. The number of aromatic nitrogens is 2. The van der Waals surface area contributed by atoms with E-state index in [9.17, 15) is 14.0 Å². The molecule has 35 heavy (non-hydrogen) atoms. The summed E-state index contributed by atoms with van der Waals surface area (Å²) in [6.07, 6.45) is 0.864. The summed E-state index contributed by atoms with van der Waals surface area (Å²) in [5.41, 5.74) is 2.40. The van der Waals surface area contributed by atoms with Crippen molar-refractivity contribution in [1.29, 1.82) is 0 Å². The number of fused-ring (bicyclic) bond motifs is 1. The predicted octanol–water partition coefficient (Wildman–Crippen LogP) is 5.83. The van der Waals surface area contributed by atoms with E-state index in [0.29, 0.717) is 33.6 Å². The Morgan fingerprint density at radius 3 is 2.40 bits per heavy atom. The Bertz CT molecular complexity index is 1370. The number of ether oxygens (including phenoxy) is 2. The van der Waals surface area contributed by atoms with E-state index < -0.39 is 23.5 Å². The minimum atomic E-state index is -0.906. The zero-order valence-electron chi connectivity index (χ0n) is 19.6. The summed E-state index contributed by atoms with van der Waals surface area (Å²) in [6, 6.07) is 16.8. The molecule has 2 aromatic heterocycles. The van der Waals surface area contributed by atoms with Crippen LogP contribution < -0.4 is 4.74 Å². The average Bonchev–Trinajstić information content (AvgIpc) is 3.15. The van der Waals surface area contributed by atoms with Gasteiger partial charge in [-0.2, -0.15) is 0 Å². The van der Waals surface area contributed by atoms with Gasteiger partial charge in [0.2, 0.25) is 0 Å². The highest BCUT2D eigenvalue weighted by Crippen LogP contribution is 2.26. The van der Waals surface area contributed by atoms with Crippen LogP contribution in [0.2, 0.25) is 0 Å². The van der Waals surface area contributed by atoms with Crippen LogP contribution in [0, 0.1) is 5.82 Å². The van der Waals surface area contributed by atoms with Gasteiger partial charge in [0.15, 0.2) is 0 Å². The highest BCUT2D eigenvalue weighted by molar-refractivity contribution is 5.91. The van der Waals surface area contributed by atoms with Crippen LogP contribution in [-0.4, -0.2) is 32.3 Å². The molecule has 2 heterocycles. The van der Waals surface area contributed by atoms with E-state index in [2.05, 4.69) is 4.98 Å². The predicted molar refractivity (Wildman–Crippen MR) is 129 cm³/mol. The number of pyridine rings is 1. The Labute approximate surface area is 201 Å². The number of carbonyl (C=O) groups is 2. The minimum absolute atomic E-state index is 0.0665. The molecule has 0 aliphatic carbocycles. The Morgan fingerprint density at radius 1 is 1.03 bits per heavy atom. The SMILES string of the molecule is CC(C)(C)OC(=O)n1c(COc2ccc(-c3ccc(CC(=O)O)cn3)cc2)cc2ccc(F)cc21. The quantitative estimate of drug-likeness (QED) is 0.376. The van der Waals surface area contributed by atoms with E-state index in [1.54, 1.807) is 63.4 Å². The zero-order chi connectivity index (χ0) is 25.2. The molecule has 0 aliphatic heterocycles. The van der Waals surface area contributed by atoms with Crippen LogP contribution >= 0.6 is 0 Å². The molecular formula is C27H25FN2O5. The molecule has 0 spiro atoms. The summed E-state index contributed by atoms with van der Waals surface area (Å²) in [6.45, 7) is 5.37. The summed E-state index contributed by atoms with van der Waals surface area (Å²) in [7, 11) is 0. The molecule has 180 valence electrons. The summed E-state index contributed by atoms with van der Waals surface area (Å²) in [4.78, 5) is 28.0. The van der Waals surface area contributed by atoms with Gasteiger partial charge >= 0.3 is 12.1 Å². The van der Waals surface area contributed by atoms with Crippen molar-refractivity contribution in [3.63, 3.8) is 0 Å². The second-order valence-electron chi connectivity index (χ2n) is 9.09. The fourth-order valence-electron chi connectivity index (χ4n) is 3.61. The zero-order valence-corrected chi connectivity index (χ0v) is 19.6. The van der Waals surface area contributed by atoms with Crippen LogP contribution in [-0.2, 0) is 22.6 Å². The molecule has 0 bridgehead atoms. The topological polar surface area (TPSA) is 90.7 Å². The number of halogens is 1. The first-order valence-corrected chi connectivity index (χ1v) is 11.0. The number of benzene rings is 2. The molecule has 7 nitrogen and oxygen atoms in total. The van der Waals surface area contributed by atoms with E-state index in [1.807, 2.05) is 12.1 Å². The van der Waals surface area contributed by atoms with Crippen molar-refractivity contribution in [3.8, 4) is 17.0 Å². The Morgan fingerprint density at radius 2 is 1.77 bits per heavy atom. The molecule has 0 saturated carbocycles. The van der Waals surface area contributed by atoms with Gasteiger partial charge in [-0.15, -0.1) is 0 Å². The van der Waals surface area contributed by atoms with Crippen molar-refractivity contribution in [1.82, 2.24) is 9.55 Å². The molecule has 0 amide bonds. The van der Waals surface area contributed by atoms with Crippen LogP contribution in [0.1, 0.15) is 32.0 Å². The van der Waals surface area contributed by atoms with Crippen LogP contribution in [0.5, 0.6) is 5.75 Å². The third kappa shape index (κ3) is 5.84. The molecule has 1 N–H and O–H groups in total. The largest absolute Gasteiger partial charge is 0.487 e. The first-order chi connectivity index (χ1) is 16.6. The summed E-state index contributed by atoms with van der Waals surface area (Å²) < 4.78 is 26.7. The number of rotatable bonds is 6. The van der Waals surface area contributed by atoms with Gasteiger partial charge in [-0.05, 0) is 80.9 Å². The van der Waals surface area contributed by atoms with E-state index in [4.69, 9.17) is 14.6 Å². The number of aliphatic carboxylic acids is 1. The normalized spacial score (nSPS) is 11.4. The third-order valence-corrected chi connectivity index (χ3v) is 5.14. The first-order valence-electron chi connectivity index (χ1n) is 11.0. The van der Waals surface area contributed by atoms with Gasteiger partial charge in [0.05, 0.1) is 23.3 Å². The van der Waals surface area contributed by atoms with Gasteiger partial charge in [0, 0.05) is 17.1 Å². The standard InChI is InChI=1S/C27H25FN2O5/c1-27(2,3)35-26(33)30-21(13-19-5-8-20(28)14-24(19)30)16-34-22-9-6-18(7-10-22)23-11-4-17(15-29-23)12-25(31)32/h4-11,13-15H,12,16H2,1-3H3,(H,31,32). The third-order valence-electron chi connectivity index (χ3n) is 5.14. The fraction of sp³-hybridized carbons (Fsp3) is 0.222. The molecule has 0 fully saturated rings. The number of carboxylic acid groups (broad SMARTS) is 1. The number of carboxylic acids is 1. The van der Waals surface area contributed by atoms with Crippen molar-refractivity contribution in [2.45, 2.75) is 39.4 Å². The number of hydrogen-bond donors (Lipinski definition) is 1. The molecule has 0 aliphatic rings. The molecule has 0 radical (unpaired) electrons. The van der Waals surface area contributed by atoms with Crippen molar-refractivity contribution in [2.75, 3.05) is 0 Å². The maximum atomic E-state index is 13.9. The van der Waals surface area contributed by atoms with Gasteiger partial charge in [-0.1, -0.05) is 6.07 Å². The second-order valence-corrected chi connectivity index (χ2v) is 9.09. The summed E-state index contributed by atoms with van der Waals surface area (Å²) in [5.74, 6) is -0.784. The average molecular weight is 477 g/mol. The van der Waals surface area contributed by atoms with Gasteiger partial charge in [-0.25, -0.2) is 13.8 Å². The smallest absolute Gasteiger partial charge is 0.419 e. The molecule has 2 aromatic carbocycles. The highest BCUT2D eigenvalue weighted by atomic mass is 19.1. The molecule has 0 unspecified atom stereocenters. The van der Waals surface area contributed by atoms with Crippen molar-refractivity contribution in [2.24, 2.45) is 0 Å². The molecule has 4 rings (SSSR count). The van der Waals surface area contributed by atoms with Gasteiger partial charge in [0.1, 0.15) is 23.8 Å². The molecular weight excluding hydrogens is 451 g/mol. The van der Waals surface area contributed by atoms with E-state index in [-0.39, 0.29) is 13.0 Å². The summed E-state index contributed by atoms with van der Waals surface area (Å²) >= 11 is 0. The van der Waals surface area contributed by atoms with E-state index in [1.165, 1.54) is 16.7 Å². The maximum absolute atomic E-state index is 13.9. The Balaban J connectivity index is 1.53. The Hall–Kier alpha value is -4.20. The second kappa shape index (κ2) is 9.58. The number of hydrogen-bond acceptors (Lipinski definition) is 5. The van der Waals surface area contributed by atoms with Gasteiger partial charge in [0.25, 0.3) is 0 Å². The lowest BCUT2D eigenvalue weighted by atomic mass is 10.1. The van der Waals surface area contributed by atoms with Gasteiger partial charge < -0.3 is 14.6 Å². The van der Waals surface area contributed by atoms with E-state index in [0.717, 1.165) is 5.56 Å².